The van der Waals surface area contributed by atoms with Crippen LogP contribution in [-0.2, 0) is 0 Å². The molecule has 1 aliphatic carbocycles. The van der Waals surface area contributed by atoms with Crippen molar-refractivity contribution >= 4 is 12.6 Å². The summed E-state index contributed by atoms with van der Waals surface area (Å²) in [5.41, 5.74) is 1.29. The van der Waals surface area contributed by atoms with Gasteiger partial charge in [0.1, 0.15) is 0 Å². The Morgan fingerprint density at radius 3 is 1.88 bits per heavy atom. The Labute approximate surface area is 106 Å². The summed E-state index contributed by atoms with van der Waals surface area (Å²) >= 11 is 4.51. The molecule has 0 amide bonds. The maximum absolute atomic E-state index is 4.51. The fourth-order valence-electron chi connectivity index (χ4n) is 3.16. The van der Waals surface area contributed by atoms with Crippen molar-refractivity contribution in [1.82, 2.24) is 4.90 Å². The number of nitrogens with zero attached hydrogens (tertiary/aromatic N) is 1. The third-order valence-corrected chi connectivity index (χ3v) is 5.94. The lowest BCUT2D eigenvalue weighted by molar-refractivity contribution is 0.0838. The zero-order chi connectivity index (χ0) is 11.6. The van der Waals surface area contributed by atoms with Crippen LogP contribution in [0.4, 0.5) is 0 Å². The van der Waals surface area contributed by atoms with Crippen molar-refractivity contribution in [2.24, 2.45) is 10.8 Å². The predicted octanol–water partition coefficient (Wildman–Crippen LogP) is 3.60. The summed E-state index contributed by atoms with van der Waals surface area (Å²) < 4.78 is 0. The molecule has 0 aromatic rings. The Kier molecular flexibility index (Phi) is 3.90. The number of thiol groups is 1. The largest absolute Gasteiger partial charge is 0.303 e. The van der Waals surface area contributed by atoms with Crippen LogP contribution in [0.5, 0.6) is 0 Å². The van der Waals surface area contributed by atoms with Gasteiger partial charge in [-0.1, -0.05) is 26.7 Å². The minimum absolute atomic E-state index is 0.613. The maximum Gasteiger partial charge on any atom is 0.00458 e. The Hall–Kier alpha value is 0.310. The van der Waals surface area contributed by atoms with Crippen LogP contribution in [0.3, 0.4) is 0 Å². The quantitative estimate of drug-likeness (QED) is 0.720. The highest BCUT2D eigenvalue weighted by atomic mass is 32.1. The Morgan fingerprint density at radius 2 is 1.50 bits per heavy atom. The number of hydrogen-bond acceptors (Lipinski definition) is 2. The first-order chi connectivity index (χ1) is 7.67. The molecule has 1 saturated carbocycles. The smallest absolute Gasteiger partial charge is 0.00458 e. The predicted molar refractivity (Wildman–Crippen MR) is 74.2 cm³/mol. The van der Waals surface area contributed by atoms with Crippen LogP contribution in [0.25, 0.3) is 0 Å². The van der Waals surface area contributed by atoms with Gasteiger partial charge in [0.25, 0.3) is 0 Å². The highest BCUT2D eigenvalue weighted by Crippen LogP contribution is 2.48. The van der Waals surface area contributed by atoms with Gasteiger partial charge in [0.15, 0.2) is 0 Å². The molecule has 2 fully saturated rings. The molecule has 2 heteroatoms. The molecule has 0 atom stereocenters. The molecule has 2 aliphatic rings. The number of likely N-dealkylation sites (tertiary alicyclic amines) is 1. The topological polar surface area (TPSA) is 3.24 Å². The summed E-state index contributed by atoms with van der Waals surface area (Å²) in [6.07, 6.45) is 8.41. The summed E-state index contributed by atoms with van der Waals surface area (Å²) in [6, 6.07) is 0. The van der Waals surface area contributed by atoms with Crippen LogP contribution in [0.1, 0.15) is 52.4 Å². The molecule has 1 nitrogen and oxygen atoms in total. The van der Waals surface area contributed by atoms with Crippen molar-refractivity contribution in [3.05, 3.63) is 0 Å². The van der Waals surface area contributed by atoms with E-state index in [-0.39, 0.29) is 0 Å². The molecule has 0 unspecified atom stereocenters. The van der Waals surface area contributed by atoms with Crippen molar-refractivity contribution in [2.45, 2.75) is 52.4 Å². The molecule has 1 heterocycles. The van der Waals surface area contributed by atoms with E-state index >= 15 is 0 Å². The van der Waals surface area contributed by atoms with E-state index in [0.29, 0.717) is 10.8 Å². The minimum atomic E-state index is 0.613. The summed E-state index contributed by atoms with van der Waals surface area (Å²) in [4.78, 5) is 2.70. The molecule has 0 bridgehead atoms. The lowest BCUT2D eigenvalue weighted by Gasteiger charge is -2.42. The third-order valence-electron chi connectivity index (χ3n) is 5.27. The summed E-state index contributed by atoms with van der Waals surface area (Å²) in [6.45, 7) is 8.72. The molecule has 0 aromatic carbocycles. The standard InChI is InChI=1S/C14H27NS/c1-3-13(4-2)7-9-15(10-8-13)11-14(12-16)5-6-14/h16H,3-12H2,1-2H3. The normalized spacial score (nSPS) is 27.9. The second-order valence-corrected chi connectivity index (χ2v) is 6.46. The van der Waals surface area contributed by atoms with Gasteiger partial charge in [-0.05, 0) is 55.4 Å². The SMILES string of the molecule is CCC1(CC)CCN(CC2(CS)CC2)CC1. The van der Waals surface area contributed by atoms with Crippen molar-refractivity contribution in [3.8, 4) is 0 Å². The fraction of sp³-hybridized carbons (Fsp3) is 1.00. The maximum atomic E-state index is 4.51. The zero-order valence-electron chi connectivity index (χ0n) is 11.0. The molecule has 0 N–H and O–H groups in total. The first-order valence-corrected chi connectivity index (χ1v) is 7.64. The third kappa shape index (κ3) is 2.59. The van der Waals surface area contributed by atoms with Crippen LogP contribution < -0.4 is 0 Å². The monoisotopic (exact) mass is 241 g/mol. The average molecular weight is 241 g/mol. The van der Waals surface area contributed by atoms with Gasteiger partial charge in [-0.25, -0.2) is 0 Å². The molecular formula is C14H27NS. The number of hydrogen-bond donors (Lipinski definition) is 1. The van der Waals surface area contributed by atoms with E-state index < -0.39 is 0 Å². The second kappa shape index (κ2) is 4.89. The van der Waals surface area contributed by atoms with E-state index in [1.54, 1.807) is 0 Å². The lowest BCUT2D eigenvalue weighted by atomic mass is 9.74. The van der Waals surface area contributed by atoms with E-state index in [0.717, 1.165) is 5.75 Å². The van der Waals surface area contributed by atoms with Gasteiger partial charge < -0.3 is 4.90 Å². The van der Waals surface area contributed by atoms with Gasteiger partial charge in [-0.2, -0.15) is 12.6 Å². The van der Waals surface area contributed by atoms with Crippen molar-refractivity contribution in [1.29, 1.82) is 0 Å². The van der Waals surface area contributed by atoms with Gasteiger partial charge in [0.05, 0.1) is 0 Å². The summed E-state index contributed by atoms with van der Waals surface area (Å²) in [5, 5.41) is 0. The van der Waals surface area contributed by atoms with E-state index in [1.807, 2.05) is 0 Å². The van der Waals surface area contributed by atoms with Crippen molar-refractivity contribution in [3.63, 3.8) is 0 Å². The minimum Gasteiger partial charge on any atom is -0.303 e. The van der Waals surface area contributed by atoms with E-state index in [2.05, 4.69) is 31.4 Å². The molecule has 1 aliphatic heterocycles. The van der Waals surface area contributed by atoms with Gasteiger partial charge >= 0.3 is 0 Å². The highest BCUT2D eigenvalue weighted by molar-refractivity contribution is 7.80. The molecule has 1 saturated heterocycles. The second-order valence-electron chi connectivity index (χ2n) is 6.14. The number of rotatable bonds is 5. The van der Waals surface area contributed by atoms with Gasteiger partial charge in [0.2, 0.25) is 0 Å². The van der Waals surface area contributed by atoms with Crippen LogP contribution in [-0.4, -0.2) is 30.3 Å². The highest BCUT2D eigenvalue weighted by Gasteiger charge is 2.43. The molecular weight excluding hydrogens is 214 g/mol. The molecule has 16 heavy (non-hydrogen) atoms. The van der Waals surface area contributed by atoms with E-state index in [9.17, 15) is 0 Å². The van der Waals surface area contributed by atoms with Gasteiger partial charge in [0, 0.05) is 6.54 Å². The summed E-state index contributed by atoms with van der Waals surface area (Å²) in [5.74, 6) is 1.09. The molecule has 94 valence electrons. The van der Waals surface area contributed by atoms with Gasteiger partial charge in [-0.15, -0.1) is 0 Å². The first kappa shape index (κ1) is 12.8. The Balaban J connectivity index is 1.81. The Bertz CT molecular complexity index is 221. The van der Waals surface area contributed by atoms with Crippen molar-refractivity contribution < 1.29 is 0 Å². The van der Waals surface area contributed by atoms with Crippen LogP contribution >= 0.6 is 12.6 Å². The fourth-order valence-corrected chi connectivity index (χ4v) is 3.58. The average Bonchev–Trinajstić information content (AvgIpc) is 3.11. The lowest BCUT2D eigenvalue weighted by Crippen LogP contribution is -2.42. The van der Waals surface area contributed by atoms with Crippen LogP contribution in [0.2, 0.25) is 0 Å². The molecule has 2 rings (SSSR count). The van der Waals surface area contributed by atoms with Crippen molar-refractivity contribution in [2.75, 3.05) is 25.4 Å². The summed E-state index contributed by atoms with van der Waals surface area (Å²) in [7, 11) is 0. The Morgan fingerprint density at radius 1 is 0.938 bits per heavy atom. The first-order valence-electron chi connectivity index (χ1n) is 7.01. The van der Waals surface area contributed by atoms with Gasteiger partial charge in [-0.3, -0.25) is 0 Å². The van der Waals surface area contributed by atoms with Crippen LogP contribution in [0.15, 0.2) is 0 Å². The molecule has 0 radical (unpaired) electrons. The number of piperidine rings is 1. The van der Waals surface area contributed by atoms with E-state index in [1.165, 1.54) is 58.2 Å². The molecule has 0 aromatic heterocycles. The zero-order valence-corrected chi connectivity index (χ0v) is 11.9. The molecule has 0 spiro atoms. The van der Waals surface area contributed by atoms with Crippen LogP contribution in [0, 0.1) is 10.8 Å². The van der Waals surface area contributed by atoms with E-state index in [4.69, 9.17) is 0 Å².